The van der Waals surface area contributed by atoms with E-state index in [4.69, 9.17) is 21.1 Å². The van der Waals surface area contributed by atoms with Crippen LogP contribution in [-0.2, 0) is 20.7 Å². The quantitative estimate of drug-likeness (QED) is 0.138. The van der Waals surface area contributed by atoms with Gasteiger partial charge in [0, 0.05) is 57.2 Å². The number of esters is 1. The summed E-state index contributed by atoms with van der Waals surface area (Å²) in [6, 6.07) is 5.95. The third-order valence-electron chi connectivity index (χ3n) is 7.48. The van der Waals surface area contributed by atoms with Crippen LogP contribution in [0.2, 0.25) is 0 Å². The molecule has 0 spiro atoms. The summed E-state index contributed by atoms with van der Waals surface area (Å²) in [5, 5.41) is 0.792. The molecule has 1 aromatic carbocycles. The molecular weight excluding hydrogens is 538 g/mol. The number of halogens is 1. The smallest absolute Gasteiger partial charge is 0.307 e. The van der Waals surface area contributed by atoms with E-state index in [1.165, 1.54) is 0 Å². The van der Waals surface area contributed by atoms with Gasteiger partial charge in [0.05, 0.1) is 17.3 Å². The lowest BCUT2D eigenvalue weighted by atomic mass is 9.98. The monoisotopic (exact) mass is 585 g/mol. The summed E-state index contributed by atoms with van der Waals surface area (Å²) in [5.41, 5.74) is 2.94. The number of aryl methyl sites for hydroxylation is 1. The zero-order valence-corrected chi connectivity index (χ0v) is 26.3. The van der Waals surface area contributed by atoms with Gasteiger partial charge in [0.15, 0.2) is 6.23 Å². The minimum absolute atomic E-state index is 0.0178. The molecule has 41 heavy (non-hydrogen) atoms. The molecule has 3 rings (SSSR count). The summed E-state index contributed by atoms with van der Waals surface area (Å²) in [5.74, 6) is 0.416. The number of unbranched alkanes of at least 4 members (excludes halogenated alkanes) is 1. The number of fused-ring (bicyclic) bond motifs is 1. The van der Waals surface area contributed by atoms with Gasteiger partial charge in [0.2, 0.25) is 5.91 Å². The number of carbonyl (C=O) groups excluding carboxylic acids is 2. The molecule has 226 valence electrons. The van der Waals surface area contributed by atoms with E-state index in [0.717, 1.165) is 73.2 Å². The highest BCUT2D eigenvalue weighted by Crippen LogP contribution is 2.35. The van der Waals surface area contributed by atoms with Gasteiger partial charge in [-0.25, -0.2) is 0 Å². The molecule has 1 saturated heterocycles. The fourth-order valence-corrected chi connectivity index (χ4v) is 5.26. The molecule has 2 aliphatic rings. The maximum absolute atomic E-state index is 13.0. The summed E-state index contributed by atoms with van der Waals surface area (Å²) in [6.07, 6.45) is 11.6. The van der Waals surface area contributed by atoms with Gasteiger partial charge in [-0.3, -0.25) is 19.4 Å². The highest BCUT2D eigenvalue weighted by Gasteiger charge is 2.35. The van der Waals surface area contributed by atoms with E-state index in [1.807, 2.05) is 71.0 Å². The zero-order valence-electron chi connectivity index (χ0n) is 25.5. The Morgan fingerprint density at radius 3 is 2.56 bits per heavy atom. The highest BCUT2D eigenvalue weighted by molar-refractivity contribution is 6.31. The van der Waals surface area contributed by atoms with Crippen LogP contribution in [-0.4, -0.2) is 67.2 Å². The number of ether oxygens (including phenoxy) is 2. The van der Waals surface area contributed by atoms with E-state index >= 15 is 0 Å². The van der Waals surface area contributed by atoms with Gasteiger partial charge < -0.3 is 14.4 Å². The van der Waals surface area contributed by atoms with E-state index < -0.39 is 6.23 Å². The molecule has 7 nitrogen and oxygen atoms in total. The SMILES string of the molecule is C\C=C/C=C(C)\C(Cl)=C\N1CCN(CCCCOc2ccc3c(c2)N(C(OC(=O)CCC)C(C)C)C(=O)CC3)CC1. The molecule has 0 N–H and O–H groups in total. The van der Waals surface area contributed by atoms with Crippen LogP contribution < -0.4 is 9.64 Å². The minimum atomic E-state index is -0.624. The number of allylic oxidation sites excluding steroid dienone is 5. The van der Waals surface area contributed by atoms with Crippen molar-refractivity contribution in [2.24, 2.45) is 5.92 Å². The minimum Gasteiger partial charge on any atom is -0.494 e. The topological polar surface area (TPSA) is 62.3 Å². The van der Waals surface area contributed by atoms with E-state index in [1.54, 1.807) is 4.90 Å². The molecule has 2 heterocycles. The van der Waals surface area contributed by atoms with Crippen molar-refractivity contribution in [2.75, 3.05) is 44.2 Å². The van der Waals surface area contributed by atoms with E-state index in [2.05, 4.69) is 16.0 Å². The van der Waals surface area contributed by atoms with E-state index in [9.17, 15) is 9.59 Å². The van der Waals surface area contributed by atoms with Gasteiger partial charge in [-0.05, 0) is 63.3 Å². The van der Waals surface area contributed by atoms with Crippen LogP contribution in [0.3, 0.4) is 0 Å². The molecule has 1 fully saturated rings. The van der Waals surface area contributed by atoms with Gasteiger partial charge >= 0.3 is 5.97 Å². The van der Waals surface area contributed by atoms with Gasteiger partial charge in [-0.2, -0.15) is 0 Å². The molecule has 2 aliphatic heterocycles. The first-order valence-electron chi connectivity index (χ1n) is 15.1. The Balaban J connectivity index is 1.48. The van der Waals surface area contributed by atoms with Crippen molar-refractivity contribution in [3.63, 3.8) is 0 Å². The lowest BCUT2D eigenvalue weighted by molar-refractivity contribution is -0.152. The lowest BCUT2D eigenvalue weighted by Crippen LogP contribution is -2.48. The highest BCUT2D eigenvalue weighted by atomic mass is 35.5. The number of nitrogens with zero attached hydrogens (tertiary/aromatic N) is 3. The Bertz CT molecular complexity index is 1110. The van der Waals surface area contributed by atoms with Crippen molar-refractivity contribution in [2.45, 2.75) is 79.4 Å². The van der Waals surface area contributed by atoms with Gasteiger partial charge in [0.1, 0.15) is 5.75 Å². The standard InChI is InChI=1S/C33H48ClN3O4/c1-6-8-12-26(5)29(34)24-36-20-18-35(19-21-36)17-9-10-22-40-28-15-13-27-14-16-31(38)37(30(27)23-28)33(25(3)4)41-32(39)11-7-2/h6,8,12-13,15,23-25,33H,7,9-11,14,16-22H2,1-5H3/b8-6-,26-12-,29-24-. The molecule has 8 heteroatoms. The molecule has 1 unspecified atom stereocenters. The first kappa shape index (κ1) is 32.7. The Labute approximate surface area is 251 Å². The molecule has 0 bridgehead atoms. The Kier molecular flexibility index (Phi) is 13.3. The summed E-state index contributed by atoms with van der Waals surface area (Å²) < 4.78 is 11.9. The lowest BCUT2D eigenvalue weighted by Gasteiger charge is -2.37. The zero-order chi connectivity index (χ0) is 29.8. The largest absolute Gasteiger partial charge is 0.494 e. The fourth-order valence-electron chi connectivity index (χ4n) is 5.05. The summed E-state index contributed by atoms with van der Waals surface area (Å²) in [6.45, 7) is 15.6. The second kappa shape index (κ2) is 16.6. The first-order chi connectivity index (χ1) is 19.7. The summed E-state index contributed by atoms with van der Waals surface area (Å²) >= 11 is 6.47. The van der Waals surface area contributed by atoms with Crippen molar-refractivity contribution in [1.29, 1.82) is 0 Å². The molecule has 1 amide bonds. The van der Waals surface area contributed by atoms with Crippen LogP contribution in [0, 0.1) is 5.92 Å². The van der Waals surface area contributed by atoms with Crippen LogP contribution >= 0.6 is 11.6 Å². The third-order valence-corrected chi connectivity index (χ3v) is 7.88. The number of piperazine rings is 1. The van der Waals surface area contributed by atoms with Crippen LogP contribution in [0.5, 0.6) is 5.75 Å². The van der Waals surface area contributed by atoms with E-state index in [0.29, 0.717) is 32.3 Å². The van der Waals surface area contributed by atoms with Crippen molar-refractivity contribution in [3.8, 4) is 5.75 Å². The normalized spacial score (nSPS) is 17.8. The van der Waals surface area contributed by atoms with Crippen LogP contribution in [0.25, 0.3) is 0 Å². The average Bonchev–Trinajstić information content (AvgIpc) is 2.95. The van der Waals surface area contributed by atoms with Crippen molar-refractivity contribution in [1.82, 2.24) is 9.80 Å². The Morgan fingerprint density at radius 2 is 1.88 bits per heavy atom. The van der Waals surface area contributed by atoms with Crippen LogP contribution in [0.15, 0.2) is 53.2 Å². The Morgan fingerprint density at radius 1 is 1.12 bits per heavy atom. The number of hydrogen-bond acceptors (Lipinski definition) is 6. The van der Waals surface area contributed by atoms with Crippen molar-refractivity contribution in [3.05, 3.63) is 58.8 Å². The second-order valence-electron chi connectivity index (χ2n) is 11.2. The maximum atomic E-state index is 13.0. The number of anilines is 1. The molecule has 0 radical (unpaired) electrons. The summed E-state index contributed by atoms with van der Waals surface area (Å²) in [7, 11) is 0. The number of amides is 1. The third kappa shape index (κ3) is 9.93. The molecule has 0 saturated carbocycles. The van der Waals surface area contributed by atoms with Gasteiger partial charge in [-0.1, -0.05) is 56.7 Å². The molecular formula is C33H48ClN3O4. The van der Waals surface area contributed by atoms with E-state index in [-0.39, 0.29) is 17.8 Å². The number of benzene rings is 1. The summed E-state index contributed by atoms with van der Waals surface area (Å²) in [4.78, 5) is 31.8. The van der Waals surface area contributed by atoms with Gasteiger partial charge in [-0.15, -0.1) is 0 Å². The maximum Gasteiger partial charge on any atom is 0.307 e. The fraction of sp³-hybridized carbons (Fsp3) is 0.576. The second-order valence-corrected chi connectivity index (χ2v) is 11.6. The predicted molar refractivity (Wildman–Crippen MR) is 167 cm³/mol. The molecule has 0 aliphatic carbocycles. The van der Waals surface area contributed by atoms with Crippen LogP contribution in [0.4, 0.5) is 5.69 Å². The average molecular weight is 586 g/mol. The number of rotatable bonds is 14. The molecule has 1 aromatic rings. The molecule has 0 aromatic heterocycles. The first-order valence-corrected chi connectivity index (χ1v) is 15.5. The molecule has 1 atom stereocenters. The number of hydrogen-bond donors (Lipinski definition) is 0. The van der Waals surface area contributed by atoms with Crippen molar-refractivity contribution < 1.29 is 19.1 Å². The van der Waals surface area contributed by atoms with Crippen LogP contribution in [0.1, 0.15) is 72.3 Å². The number of carbonyl (C=O) groups is 2. The van der Waals surface area contributed by atoms with Crippen molar-refractivity contribution >= 4 is 29.2 Å². The van der Waals surface area contributed by atoms with Gasteiger partial charge in [0.25, 0.3) is 0 Å². The predicted octanol–water partition coefficient (Wildman–Crippen LogP) is 6.67. The Hall–Kier alpha value is -2.77.